The third-order valence-electron chi connectivity index (χ3n) is 5.14. The van der Waals surface area contributed by atoms with Gasteiger partial charge in [-0.3, -0.25) is 4.79 Å². The second kappa shape index (κ2) is 8.66. The predicted molar refractivity (Wildman–Crippen MR) is 113 cm³/mol. The lowest BCUT2D eigenvalue weighted by Gasteiger charge is -2.23. The summed E-state index contributed by atoms with van der Waals surface area (Å²) < 4.78 is 29.5. The third-order valence-corrected chi connectivity index (χ3v) is 6.86. The lowest BCUT2D eigenvalue weighted by molar-refractivity contribution is -0.131. The molecule has 1 saturated heterocycles. The zero-order chi connectivity index (χ0) is 20.3. The summed E-state index contributed by atoms with van der Waals surface area (Å²) in [7, 11) is -3.75. The van der Waals surface area contributed by atoms with Crippen molar-refractivity contribution in [3.63, 3.8) is 0 Å². The molecule has 0 saturated carbocycles. The molecule has 3 rings (SSSR count). The number of carbonyl (C=O) groups excluding carboxylic acids is 1. The SMILES string of the molecule is CCCCC(=O)N1CCCN(C2=NS(=O)(=O)C(c3ccc(Cl)cc3)=C2C)CC1. The number of amides is 1. The highest BCUT2D eigenvalue weighted by molar-refractivity contribution is 8.00. The van der Waals surface area contributed by atoms with E-state index < -0.39 is 10.0 Å². The van der Waals surface area contributed by atoms with Crippen LogP contribution in [0.4, 0.5) is 0 Å². The summed E-state index contributed by atoms with van der Waals surface area (Å²) in [5, 5.41) is 0.555. The van der Waals surface area contributed by atoms with E-state index in [0.29, 0.717) is 54.6 Å². The zero-order valence-electron chi connectivity index (χ0n) is 16.3. The van der Waals surface area contributed by atoms with E-state index in [0.717, 1.165) is 19.3 Å². The second-order valence-corrected chi connectivity index (χ2v) is 9.15. The van der Waals surface area contributed by atoms with Gasteiger partial charge in [0, 0.05) is 43.2 Å². The van der Waals surface area contributed by atoms with Gasteiger partial charge < -0.3 is 9.80 Å². The van der Waals surface area contributed by atoms with Gasteiger partial charge in [-0.2, -0.15) is 8.42 Å². The number of nitrogens with zero attached hydrogens (tertiary/aromatic N) is 3. The smallest absolute Gasteiger partial charge is 0.285 e. The number of halogens is 1. The number of benzene rings is 1. The number of amidine groups is 1. The van der Waals surface area contributed by atoms with E-state index in [-0.39, 0.29) is 10.8 Å². The summed E-state index contributed by atoms with van der Waals surface area (Å²) in [6.07, 6.45) is 3.26. The first-order valence-corrected chi connectivity index (χ1v) is 11.5. The van der Waals surface area contributed by atoms with E-state index in [2.05, 4.69) is 11.3 Å². The minimum Gasteiger partial charge on any atom is -0.354 e. The van der Waals surface area contributed by atoms with Crippen LogP contribution in [0.25, 0.3) is 4.91 Å². The zero-order valence-corrected chi connectivity index (χ0v) is 17.9. The Morgan fingerprint density at radius 1 is 1.14 bits per heavy atom. The summed E-state index contributed by atoms with van der Waals surface area (Å²) in [4.78, 5) is 16.4. The van der Waals surface area contributed by atoms with Crippen LogP contribution in [0.3, 0.4) is 0 Å². The highest BCUT2D eigenvalue weighted by Crippen LogP contribution is 2.34. The first kappa shape index (κ1) is 20.9. The molecule has 1 amide bonds. The van der Waals surface area contributed by atoms with Crippen molar-refractivity contribution in [3.8, 4) is 0 Å². The fraction of sp³-hybridized carbons (Fsp3) is 0.500. The summed E-state index contributed by atoms with van der Waals surface area (Å²) in [6.45, 7) is 6.41. The average Bonchev–Trinajstić information content (AvgIpc) is 2.83. The number of hydrogen-bond acceptors (Lipinski definition) is 4. The van der Waals surface area contributed by atoms with E-state index >= 15 is 0 Å². The van der Waals surface area contributed by atoms with Gasteiger partial charge in [0.2, 0.25) is 5.91 Å². The maximum atomic E-state index is 12.7. The number of unbranched alkanes of at least 4 members (excludes halogenated alkanes) is 1. The highest BCUT2D eigenvalue weighted by atomic mass is 35.5. The first-order valence-electron chi connectivity index (χ1n) is 9.68. The molecule has 0 radical (unpaired) electrons. The van der Waals surface area contributed by atoms with Gasteiger partial charge in [0.25, 0.3) is 10.0 Å². The standard InChI is InChI=1S/C20H26ClN3O3S/c1-3-4-6-18(25)23-11-5-12-24(14-13-23)20-15(2)19(28(26,27)22-20)16-7-9-17(21)10-8-16/h7-10H,3-6,11-14H2,1-2H3. The molecular formula is C20H26ClN3O3S. The molecule has 6 nitrogen and oxygen atoms in total. The Labute approximate surface area is 171 Å². The molecule has 28 heavy (non-hydrogen) atoms. The van der Waals surface area contributed by atoms with Crippen LogP contribution in [0.15, 0.2) is 34.2 Å². The van der Waals surface area contributed by atoms with Crippen molar-refractivity contribution in [2.75, 3.05) is 26.2 Å². The molecule has 1 fully saturated rings. The first-order chi connectivity index (χ1) is 13.3. The molecule has 2 aliphatic heterocycles. The molecule has 2 aliphatic rings. The summed E-state index contributed by atoms with van der Waals surface area (Å²) >= 11 is 5.93. The lowest BCUT2D eigenvalue weighted by Crippen LogP contribution is -2.37. The Bertz CT molecular complexity index is 907. The lowest BCUT2D eigenvalue weighted by atomic mass is 10.1. The van der Waals surface area contributed by atoms with Gasteiger partial charge in [0.05, 0.1) is 0 Å². The average molecular weight is 424 g/mol. The molecule has 0 bridgehead atoms. The van der Waals surface area contributed by atoms with E-state index in [1.165, 1.54) is 0 Å². The predicted octanol–water partition coefficient (Wildman–Crippen LogP) is 3.54. The second-order valence-electron chi connectivity index (χ2n) is 7.18. The molecule has 8 heteroatoms. The highest BCUT2D eigenvalue weighted by Gasteiger charge is 2.34. The number of rotatable bonds is 4. The number of carbonyl (C=O) groups is 1. The molecule has 152 valence electrons. The maximum absolute atomic E-state index is 12.7. The Morgan fingerprint density at radius 2 is 1.86 bits per heavy atom. The van der Waals surface area contributed by atoms with Gasteiger partial charge in [-0.25, -0.2) is 0 Å². The van der Waals surface area contributed by atoms with Gasteiger partial charge in [-0.1, -0.05) is 37.1 Å². The van der Waals surface area contributed by atoms with E-state index in [1.54, 1.807) is 31.2 Å². The minimum atomic E-state index is -3.75. The van der Waals surface area contributed by atoms with Crippen molar-refractivity contribution < 1.29 is 13.2 Å². The fourth-order valence-corrected chi connectivity index (χ4v) is 5.26. The summed E-state index contributed by atoms with van der Waals surface area (Å²) in [6, 6.07) is 6.76. The Morgan fingerprint density at radius 3 is 2.54 bits per heavy atom. The van der Waals surface area contributed by atoms with Crippen molar-refractivity contribution >= 4 is 38.3 Å². The van der Waals surface area contributed by atoms with Gasteiger partial charge >= 0.3 is 0 Å². The van der Waals surface area contributed by atoms with E-state index in [4.69, 9.17) is 11.6 Å². The van der Waals surface area contributed by atoms with E-state index in [1.807, 2.05) is 9.80 Å². The van der Waals surface area contributed by atoms with Crippen molar-refractivity contribution in [1.82, 2.24) is 9.80 Å². The quantitative estimate of drug-likeness (QED) is 0.742. The molecule has 1 aromatic carbocycles. The molecule has 0 unspecified atom stereocenters. The van der Waals surface area contributed by atoms with Gasteiger partial charge in [0.1, 0.15) is 10.7 Å². The molecule has 2 heterocycles. The minimum absolute atomic E-state index is 0.179. The van der Waals surface area contributed by atoms with Crippen molar-refractivity contribution in [3.05, 3.63) is 40.4 Å². The maximum Gasteiger partial charge on any atom is 0.285 e. The molecule has 0 spiro atoms. The van der Waals surface area contributed by atoms with Gasteiger partial charge in [-0.05, 0) is 37.5 Å². The third kappa shape index (κ3) is 4.41. The molecule has 0 aliphatic carbocycles. The van der Waals surface area contributed by atoms with Gasteiger partial charge in [-0.15, -0.1) is 4.40 Å². The summed E-state index contributed by atoms with van der Waals surface area (Å²) in [5.41, 5.74) is 1.24. The molecule has 0 aromatic heterocycles. The van der Waals surface area contributed by atoms with Crippen LogP contribution in [-0.2, 0) is 14.8 Å². The molecule has 0 N–H and O–H groups in total. The van der Waals surface area contributed by atoms with Crippen LogP contribution in [-0.4, -0.2) is 56.1 Å². The van der Waals surface area contributed by atoms with Crippen molar-refractivity contribution in [2.45, 2.75) is 39.5 Å². The normalized spacial score (nSPS) is 19.6. The largest absolute Gasteiger partial charge is 0.354 e. The Balaban J connectivity index is 1.80. The fourth-order valence-electron chi connectivity index (χ4n) is 3.65. The summed E-state index contributed by atoms with van der Waals surface area (Å²) in [5.74, 6) is 0.673. The van der Waals surface area contributed by atoms with Crippen molar-refractivity contribution in [2.24, 2.45) is 4.40 Å². The van der Waals surface area contributed by atoms with Gasteiger partial charge in [0.15, 0.2) is 0 Å². The van der Waals surface area contributed by atoms with Crippen LogP contribution in [0.5, 0.6) is 0 Å². The van der Waals surface area contributed by atoms with Crippen LogP contribution < -0.4 is 0 Å². The van der Waals surface area contributed by atoms with E-state index in [9.17, 15) is 13.2 Å². The Hall–Kier alpha value is -1.86. The molecular weight excluding hydrogens is 398 g/mol. The number of sulfonamides is 1. The van der Waals surface area contributed by atoms with Crippen LogP contribution in [0.2, 0.25) is 5.02 Å². The molecule has 0 atom stereocenters. The topological polar surface area (TPSA) is 70.1 Å². The van der Waals surface area contributed by atoms with Crippen molar-refractivity contribution in [1.29, 1.82) is 0 Å². The molecule has 1 aromatic rings. The van der Waals surface area contributed by atoms with Crippen LogP contribution >= 0.6 is 11.6 Å². The van der Waals surface area contributed by atoms with Crippen LogP contribution in [0.1, 0.15) is 45.1 Å². The Kier molecular flexibility index (Phi) is 6.45. The number of hydrogen-bond donors (Lipinski definition) is 0. The van der Waals surface area contributed by atoms with Crippen LogP contribution in [0, 0.1) is 0 Å². The monoisotopic (exact) mass is 423 g/mol.